The van der Waals surface area contributed by atoms with Gasteiger partial charge < -0.3 is 16.4 Å². The van der Waals surface area contributed by atoms with Gasteiger partial charge in [0.25, 0.3) is 5.91 Å². The number of anilines is 3. The van der Waals surface area contributed by atoms with Crippen LogP contribution in [0.2, 0.25) is 5.02 Å². The van der Waals surface area contributed by atoms with Gasteiger partial charge in [0.15, 0.2) is 0 Å². The molecular weight excluding hydrogens is 318 g/mol. The summed E-state index contributed by atoms with van der Waals surface area (Å²) in [5.41, 5.74) is 6.71. The normalized spacial score (nSPS) is 10.0. The molecule has 0 bridgehead atoms. The van der Waals surface area contributed by atoms with Gasteiger partial charge in [-0.15, -0.1) is 0 Å². The number of rotatable bonds is 5. The first-order valence-electron chi connectivity index (χ1n) is 6.87. The van der Waals surface area contributed by atoms with Crippen LogP contribution in [0.4, 0.5) is 22.0 Å². The van der Waals surface area contributed by atoms with Crippen LogP contribution < -0.4 is 21.7 Å². The molecule has 0 aliphatic heterocycles. The molecule has 0 fully saturated rings. The third kappa shape index (κ3) is 4.58. The van der Waals surface area contributed by atoms with Crippen molar-refractivity contribution >= 4 is 40.7 Å². The van der Waals surface area contributed by atoms with Crippen LogP contribution in [-0.4, -0.2) is 23.5 Å². The Kier molecular flexibility index (Phi) is 5.37. The summed E-state index contributed by atoms with van der Waals surface area (Å²) >= 11 is 5.84. The van der Waals surface area contributed by atoms with E-state index in [4.69, 9.17) is 17.3 Å². The van der Waals surface area contributed by atoms with E-state index < -0.39 is 5.91 Å². The van der Waals surface area contributed by atoms with Crippen molar-refractivity contribution in [1.82, 2.24) is 10.3 Å². The molecule has 0 saturated carbocycles. The van der Waals surface area contributed by atoms with Crippen LogP contribution in [0.1, 0.15) is 17.3 Å². The number of halogens is 1. The van der Waals surface area contributed by atoms with Crippen molar-refractivity contribution in [3.8, 4) is 0 Å². The molecule has 0 atom stereocenters. The summed E-state index contributed by atoms with van der Waals surface area (Å²) in [7, 11) is 0. The molecule has 0 saturated heterocycles. The zero-order valence-corrected chi connectivity index (χ0v) is 13.1. The topological polar surface area (TPSA) is 109 Å². The molecule has 2 aromatic rings. The highest BCUT2D eigenvalue weighted by molar-refractivity contribution is 6.30. The van der Waals surface area contributed by atoms with E-state index in [1.807, 2.05) is 0 Å². The molecule has 5 N–H and O–H groups in total. The summed E-state index contributed by atoms with van der Waals surface area (Å²) in [6.07, 6.45) is 1.31. The maximum absolute atomic E-state index is 11.5. The Bertz CT molecular complexity index is 718. The number of primary amides is 1. The minimum Gasteiger partial charge on any atom is -0.365 e. The third-order valence-corrected chi connectivity index (χ3v) is 3.12. The SMILES string of the molecule is CCNC(=O)Nc1cc(Nc2ccc(Cl)cc2)c(C(N)=O)cn1. The summed E-state index contributed by atoms with van der Waals surface area (Å²) < 4.78 is 0. The largest absolute Gasteiger partial charge is 0.365 e. The van der Waals surface area contributed by atoms with E-state index in [1.165, 1.54) is 12.3 Å². The van der Waals surface area contributed by atoms with Gasteiger partial charge >= 0.3 is 6.03 Å². The molecule has 0 unspecified atom stereocenters. The van der Waals surface area contributed by atoms with Gasteiger partial charge in [-0.25, -0.2) is 9.78 Å². The molecule has 1 heterocycles. The fraction of sp³-hybridized carbons (Fsp3) is 0.133. The van der Waals surface area contributed by atoms with Gasteiger partial charge in [-0.1, -0.05) is 11.6 Å². The Balaban J connectivity index is 2.28. The van der Waals surface area contributed by atoms with Gasteiger partial charge in [-0.05, 0) is 31.2 Å². The van der Waals surface area contributed by atoms with Crippen LogP contribution >= 0.6 is 11.6 Å². The number of amides is 3. The summed E-state index contributed by atoms with van der Waals surface area (Å²) in [5, 5.41) is 8.81. The Morgan fingerprint density at radius 1 is 1.26 bits per heavy atom. The van der Waals surface area contributed by atoms with Crippen molar-refractivity contribution in [3.63, 3.8) is 0 Å². The van der Waals surface area contributed by atoms with Crippen LogP contribution in [0.15, 0.2) is 36.5 Å². The number of pyridine rings is 1. The molecule has 0 aliphatic rings. The molecule has 23 heavy (non-hydrogen) atoms. The van der Waals surface area contributed by atoms with Gasteiger partial charge in [0.05, 0.1) is 11.3 Å². The first kappa shape index (κ1) is 16.6. The van der Waals surface area contributed by atoms with Crippen molar-refractivity contribution in [1.29, 1.82) is 0 Å². The maximum Gasteiger partial charge on any atom is 0.320 e. The first-order valence-corrected chi connectivity index (χ1v) is 7.24. The maximum atomic E-state index is 11.5. The molecule has 0 aliphatic carbocycles. The zero-order valence-electron chi connectivity index (χ0n) is 12.4. The lowest BCUT2D eigenvalue weighted by Crippen LogP contribution is -2.28. The number of nitrogens with zero attached hydrogens (tertiary/aromatic N) is 1. The minimum atomic E-state index is -0.626. The molecule has 1 aromatic carbocycles. The van der Waals surface area contributed by atoms with Crippen molar-refractivity contribution in [2.24, 2.45) is 5.73 Å². The van der Waals surface area contributed by atoms with Crippen LogP contribution in [0.25, 0.3) is 0 Å². The number of hydrogen-bond donors (Lipinski definition) is 4. The van der Waals surface area contributed by atoms with Crippen LogP contribution in [-0.2, 0) is 0 Å². The summed E-state index contributed by atoms with van der Waals surface area (Å²) in [5.74, 6) is -0.337. The molecule has 0 radical (unpaired) electrons. The Labute approximate surface area is 138 Å². The van der Waals surface area contributed by atoms with Crippen molar-refractivity contribution in [2.45, 2.75) is 6.92 Å². The average Bonchev–Trinajstić information content (AvgIpc) is 2.50. The number of carbonyl (C=O) groups is 2. The summed E-state index contributed by atoms with van der Waals surface area (Å²) in [6.45, 7) is 2.29. The Hall–Kier alpha value is -2.80. The number of urea groups is 1. The second kappa shape index (κ2) is 7.46. The quantitative estimate of drug-likeness (QED) is 0.674. The lowest BCUT2D eigenvalue weighted by atomic mass is 10.2. The molecule has 0 spiro atoms. The van der Waals surface area contributed by atoms with E-state index in [9.17, 15) is 9.59 Å². The Morgan fingerprint density at radius 3 is 2.57 bits per heavy atom. The fourth-order valence-electron chi connectivity index (χ4n) is 1.83. The van der Waals surface area contributed by atoms with Crippen molar-refractivity contribution in [2.75, 3.05) is 17.2 Å². The lowest BCUT2D eigenvalue weighted by Gasteiger charge is -2.12. The number of nitrogens with two attached hydrogens (primary N) is 1. The minimum absolute atomic E-state index is 0.210. The predicted octanol–water partition coefficient (Wildman–Crippen LogP) is 2.72. The number of aromatic nitrogens is 1. The highest BCUT2D eigenvalue weighted by atomic mass is 35.5. The lowest BCUT2D eigenvalue weighted by molar-refractivity contribution is 0.100. The fourth-order valence-corrected chi connectivity index (χ4v) is 1.96. The highest BCUT2D eigenvalue weighted by Crippen LogP contribution is 2.24. The van der Waals surface area contributed by atoms with E-state index in [0.29, 0.717) is 22.9 Å². The monoisotopic (exact) mass is 333 g/mol. The van der Waals surface area contributed by atoms with Crippen molar-refractivity contribution in [3.05, 3.63) is 47.1 Å². The predicted molar refractivity (Wildman–Crippen MR) is 90.2 cm³/mol. The average molecular weight is 334 g/mol. The molecule has 8 heteroatoms. The van der Waals surface area contributed by atoms with Gasteiger partial charge in [0.1, 0.15) is 5.82 Å². The number of benzene rings is 1. The van der Waals surface area contributed by atoms with E-state index >= 15 is 0 Å². The van der Waals surface area contributed by atoms with Gasteiger partial charge in [0.2, 0.25) is 0 Å². The number of carbonyl (C=O) groups excluding carboxylic acids is 2. The van der Waals surface area contributed by atoms with Gasteiger partial charge in [0, 0.05) is 29.5 Å². The third-order valence-electron chi connectivity index (χ3n) is 2.87. The molecule has 120 valence electrons. The number of hydrogen-bond acceptors (Lipinski definition) is 4. The number of nitrogens with one attached hydrogen (secondary N) is 3. The van der Waals surface area contributed by atoms with Crippen molar-refractivity contribution < 1.29 is 9.59 Å². The second-order valence-electron chi connectivity index (χ2n) is 4.60. The van der Waals surface area contributed by atoms with E-state index in [-0.39, 0.29) is 17.4 Å². The standard InChI is InChI=1S/C15H16ClN5O2/c1-2-18-15(23)21-13-7-12(11(8-19-13)14(17)22)20-10-5-3-9(16)4-6-10/h3-8H,2H2,1H3,(H2,17,22)(H3,18,19,20,21,23). The molecule has 7 nitrogen and oxygen atoms in total. The van der Waals surface area contributed by atoms with E-state index in [0.717, 1.165) is 0 Å². The van der Waals surface area contributed by atoms with Crippen LogP contribution in [0.3, 0.4) is 0 Å². The van der Waals surface area contributed by atoms with Crippen LogP contribution in [0, 0.1) is 0 Å². The van der Waals surface area contributed by atoms with E-state index in [2.05, 4.69) is 20.9 Å². The molecule has 2 rings (SSSR count). The zero-order chi connectivity index (χ0) is 16.8. The van der Waals surface area contributed by atoms with Crippen LogP contribution in [0.5, 0.6) is 0 Å². The van der Waals surface area contributed by atoms with Gasteiger partial charge in [-0.3, -0.25) is 10.1 Å². The molecule has 1 aromatic heterocycles. The summed E-state index contributed by atoms with van der Waals surface area (Å²) in [6, 6.07) is 8.08. The van der Waals surface area contributed by atoms with E-state index in [1.54, 1.807) is 31.2 Å². The second-order valence-corrected chi connectivity index (χ2v) is 5.03. The Morgan fingerprint density at radius 2 is 1.96 bits per heavy atom. The summed E-state index contributed by atoms with van der Waals surface area (Å²) in [4.78, 5) is 27.1. The smallest absolute Gasteiger partial charge is 0.320 e. The van der Waals surface area contributed by atoms with Gasteiger partial charge in [-0.2, -0.15) is 0 Å². The first-order chi connectivity index (χ1) is 11.0. The highest BCUT2D eigenvalue weighted by Gasteiger charge is 2.12. The molecular formula is C15H16ClN5O2. The molecule has 3 amide bonds.